The average Bonchev–Trinajstić information content (AvgIpc) is 2.62. The summed E-state index contributed by atoms with van der Waals surface area (Å²) in [4.78, 5) is 21.9. The Labute approximate surface area is 92.0 Å². The number of halogens is 5. The van der Waals surface area contributed by atoms with Crippen molar-refractivity contribution in [2.24, 2.45) is 0 Å². The predicted molar refractivity (Wildman–Crippen MR) is 43.8 cm³/mol. The summed E-state index contributed by atoms with van der Waals surface area (Å²) >= 11 is 0. The van der Waals surface area contributed by atoms with Crippen molar-refractivity contribution in [3.63, 3.8) is 0 Å². The Bertz CT molecular complexity index is 341. The Hall–Kier alpha value is -1.41. The van der Waals surface area contributed by atoms with Crippen LogP contribution in [0.2, 0.25) is 0 Å². The van der Waals surface area contributed by atoms with Crippen molar-refractivity contribution in [1.29, 1.82) is 0 Å². The van der Waals surface area contributed by atoms with Gasteiger partial charge in [-0.3, -0.25) is 9.69 Å². The molecule has 1 atom stereocenters. The lowest BCUT2D eigenvalue weighted by Crippen LogP contribution is -2.53. The Kier molecular flexibility index (Phi) is 3.30. The van der Waals surface area contributed by atoms with Crippen LogP contribution in [0.5, 0.6) is 0 Å². The van der Waals surface area contributed by atoms with E-state index in [1.807, 2.05) is 0 Å². The number of likely N-dealkylation sites (tertiary alicyclic amines) is 1. The van der Waals surface area contributed by atoms with Gasteiger partial charge in [0.2, 0.25) is 5.78 Å². The molecule has 1 aliphatic heterocycles. The minimum Gasteiger partial charge on any atom is -0.465 e. The van der Waals surface area contributed by atoms with E-state index in [-0.39, 0.29) is 19.4 Å². The zero-order valence-corrected chi connectivity index (χ0v) is 8.30. The molecule has 17 heavy (non-hydrogen) atoms. The van der Waals surface area contributed by atoms with Gasteiger partial charge in [0.15, 0.2) is 0 Å². The van der Waals surface area contributed by atoms with E-state index in [0.717, 1.165) is 0 Å². The quantitative estimate of drug-likeness (QED) is 0.772. The maximum absolute atomic E-state index is 12.7. The Morgan fingerprint density at radius 3 is 2.12 bits per heavy atom. The van der Waals surface area contributed by atoms with Gasteiger partial charge in [-0.2, -0.15) is 22.0 Å². The van der Waals surface area contributed by atoms with Crippen LogP contribution in [0.25, 0.3) is 0 Å². The highest BCUT2D eigenvalue weighted by atomic mass is 19.4. The Balaban J connectivity index is 2.94. The molecular weight excluding hydrogens is 253 g/mol. The van der Waals surface area contributed by atoms with Crippen molar-refractivity contribution in [2.45, 2.75) is 31.0 Å². The van der Waals surface area contributed by atoms with Crippen molar-refractivity contribution in [3.05, 3.63) is 0 Å². The monoisotopic (exact) mass is 261 g/mol. The predicted octanol–water partition coefficient (Wildman–Crippen LogP) is 1.90. The molecule has 0 aromatic heterocycles. The highest BCUT2D eigenvalue weighted by Gasteiger charge is 2.65. The van der Waals surface area contributed by atoms with Crippen molar-refractivity contribution < 1.29 is 36.6 Å². The molecule has 1 N–H and O–H groups in total. The smallest absolute Gasteiger partial charge is 0.461 e. The van der Waals surface area contributed by atoms with Crippen molar-refractivity contribution in [2.75, 3.05) is 6.54 Å². The molecule has 1 unspecified atom stereocenters. The second kappa shape index (κ2) is 4.11. The molecule has 1 fully saturated rings. The van der Waals surface area contributed by atoms with E-state index >= 15 is 0 Å². The highest BCUT2D eigenvalue weighted by molar-refractivity contribution is 5.93. The summed E-state index contributed by atoms with van der Waals surface area (Å²) in [5.74, 6) is -7.93. The third-order valence-corrected chi connectivity index (χ3v) is 2.47. The standard InChI is InChI=1S/C8H8F5NO3/c9-7(10,8(11,12)13)5(15)4-2-1-3-14(4)6(16)17/h4H,1-3H2,(H,16,17). The molecule has 98 valence electrons. The number of rotatable bonds is 2. The first-order valence-electron chi connectivity index (χ1n) is 4.57. The fourth-order valence-corrected chi connectivity index (χ4v) is 1.62. The van der Waals surface area contributed by atoms with Gasteiger partial charge in [-0.05, 0) is 12.8 Å². The SMILES string of the molecule is O=C(O)N1CCCC1C(=O)C(F)(F)C(F)(F)F. The van der Waals surface area contributed by atoms with E-state index < -0.39 is 30.0 Å². The number of hydrogen-bond donors (Lipinski definition) is 1. The zero-order chi connectivity index (χ0) is 13.4. The summed E-state index contributed by atoms with van der Waals surface area (Å²) in [6.45, 7) is -0.223. The highest BCUT2D eigenvalue weighted by Crippen LogP contribution is 2.39. The van der Waals surface area contributed by atoms with Gasteiger partial charge in [0, 0.05) is 6.54 Å². The maximum Gasteiger partial charge on any atom is 0.461 e. The summed E-state index contributed by atoms with van der Waals surface area (Å²) in [5.41, 5.74) is 0. The maximum atomic E-state index is 12.7. The van der Waals surface area contributed by atoms with Crippen LogP contribution in [0, 0.1) is 0 Å². The molecule has 0 saturated carbocycles. The first kappa shape index (κ1) is 13.7. The fourth-order valence-electron chi connectivity index (χ4n) is 1.62. The number of nitrogens with zero attached hydrogens (tertiary/aromatic N) is 1. The fraction of sp³-hybridized carbons (Fsp3) is 0.750. The van der Waals surface area contributed by atoms with Crippen LogP contribution in [-0.4, -0.2) is 46.6 Å². The topological polar surface area (TPSA) is 57.6 Å². The molecule has 0 radical (unpaired) electrons. The number of ketones is 1. The molecule has 4 nitrogen and oxygen atoms in total. The number of alkyl halides is 5. The van der Waals surface area contributed by atoms with Crippen LogP contribution >= 0.6 is 0 Å². The lowest BCUT2D eigenvalue weighted by molar-refractivity contribution is -0.270. The van der Waals surface area contributed by atoms with E-state index in [1.54, 1.807) is 0 Å². The van der Waals surface area contributed by atoms with Crippen LogP contribution < -0.4 is 0 Å². The van der Waals surface area contributed by atoms with Gasteiger partial charge in [0.1, 0.15) is 6.04 Å². The van der Waals surface area contributed by atoms with Gasteiger partial charge in [0.05, 0.1) is 0 Å². The lowest BCUT2D eigenvalue weighted by Gasteiger charge is -2.25. The molecule has 0 aromatic rings. The molecule has 1 heterocycles. The third kappa shape index (κ3) is 2.32. The van der Waals surface area contributed by atoms with Gasteiger partial charge in [-0.25, -0.2) is 4.79 Å². The molecule has 1 amide bonds. The average molecular weight is 261 g/mol. The first-order chi connectivity index (χ1) is 7.59. The number of carbonyl (C=O) groups is 2. The summed E-state index contributed by atoms with van der Waals surface area (Å²) in [5, 5.41) is 8.55. The van der Waals surface area contributed by atoms with Crippen LogP contribution in [0.1, 0.15) is 12.8 Å². The first-order valence-corrected chi connectivity index (χ1v) is 4.57. The van der Waals surface area contributed by atoms with Crippen molar-refractivity contribution >= 4 is 11.9 Å². The van der Waals surface area contributed by atoms with Gasteiger partial charge in [0.25, 0.3) is 0 Å². The second-order valence-electron chi connectivity index (χ2n) is 3.57. The van der Waals surface area contributed by atoms with Crippen LogP contribution in [-0.2, 0) is 4.79 Å². The number of Topliss-reactive ketones (excluding diaryl/α,β-unsaturated/α-hetero) is 1. The third-order valence-electron chi connectivity index (χ3n) is 2.47. The molecule has 0 spiro atoms. The minimum absolute atomic E-state index is 0.0800. The minimum atomic E-state index is -6.00. The second-order valence-corrected chi connectivity index (χ2v) is 3.57. The van der Waals surface area contributed by atoms with Crippen LogP contribution in [0.15, 0.2) is 0 Å². The summed E-state index contributed by atoms with van der Waals surface area (Å²) in [6.07, 6.45) is -7.93. The van der Waals surface area contributed by atoms with Gasteiger partial charge in [-0.1, -0.05) is 0 Å². The van der Waals surface area contributed by atoms with Gasteiger partial charge in [-0.15, -0.1) is 0 Å². The van der Waals surface area contributed by atoms with E-state index in [4.69, 9.17) is 5.11 Å². The molecule has 0 aliphatic carbocycles. The largest absolute Gasteiger partial charge is 0.465 e. The van der Waals surface area contributed by atoms with Gasteiger partial charge < -0.3 is 5.11 Å². The number of hydrogen-bond acceptors (Lipinski definition) is 2. The molecule has 9 heteroatoms. The van der Waals surface area contributed by atoms with Gasteiger partial charge >= 0.3 is 18.2 Å². The normalized spacial score (nSPS) is 21.7. The van der Waals surface area contributed by atoms with Crippen LogP contribution in [0.3, 0.4) is 0 Å². The molecule has 1 rings (SSSR count). The zero-order valence-electron chi connectivity index (χ0n) is 8.30. The van der Waals surface area contributed by atoms with E-state index in [9.17, 15) is 31.5 Å². The number of carbonyl (C=O) groups excluding carboxylic acids is 1. The molecular formula is C8H8F5NO3. The number of amides is 1. The summed E-state index contributed by atoms with van der Waals surface area (Å²) in [7, 11) is 0. The lowest BCUT2D eigenvalue weighted by atomic mass is 10.0. The molecule has 1 saturated heterocycles. The summed E-state index contributed by atoms with van der Waals surface area (Å²) < 4.78 is 61.2. The van der Waals surface area contributed by atoms with E-state index in [1.165, 1.54) is 0 Å². The molecule has 0 aromatic carbocycles. The van der Waals surface area contributed by atoms with E-state index in [0.29, 0.717) is 4.90 Å². The van der Waals surface area contributed by atoms with Crippen LogP contribution in [0.4, 0.5) is 26.7 Å². The molecule has 0 bridgehead atoms. The van der Waals surface area contributed by atoms with E-state index in [2.05, 4.69) is 0 Å². The molecule has 1 aliphatic rings. The number of carboxylic acid groups (broad SMARTS) is 1. The Morgan fingerprint density at radius 2 is 1.71 bits per heavy atom. The Morgan fingerprint density at radius 1 is 1.18 bits per heavy atom. The van der Waals surface area contributed by atoms with Crippen molar-refractivity contribution in [1.82, 2.24) is 4.90 Å². The van der Waals surface area contributed by atoms with Crippen molar-refractivity contribution in [3.8, 4) is 0 Å². The summed E-state index contributed by atoms with van der Waals surface area (Å²) in [6, 6.07) is -1.93.